The Morgan fingerprint density at radius 2 is 2.11 bits per heavy atom. The van der Waals surface area contributed by atoms with Gasteiger partial charge in [0.2, 0.25) is 0 Å². The molecule has 0 aliphatic rings. The fourth-order valence-corrected chi connectivity index (χ4v) is 1.71. The minimum atomic E-state index is 0.631. The van der Waals surface area contributed by atoms with Crippen LogP contribution in [-0.2, 0) is 6.54 Å². The number of aromatic nitrogens is 3. The zero-order valence-electron chi connectivity index (χ0n) is 10.1. The van der Waals surface area contributed by atoms with Crippen LogP contribution in [0.4, 0.5) is 0 Å². The molecule has 0 saturated heterocycles. The lowest BCUT2D eigenvalue weighted by molar-refractivity contribution is 0.317. The van der Waals surface area contributed by atoms with Crippen molar-refractivity contribution >= 4 is 11.6 Å². The fraction of sp³-hybridized carbons (Fsp3) is 0.333. The van der Waals surface area contributed by atoms with Gasteiger partial charge in [0, 0.05) is 0 Å². The fourth-order valence-electron chi connectivity index (χ4n) is 1.45. The molecule has 0 aliphatic heterocycles. The van der Waals surface area contributed by atoms with E-state index in [9.17, 15) is 0 Å². The first-order valence-corrected chi connectivity index (χ1v) is 6.17. The lowest BCUT2D eigenvalue weighted by Gasteiger charge is -2.10. The van der Waals surface area contributed by atoms with Crippen LogP contribution in [0.3, 0.4) is 0 Å². The first-order valence-electron chi connectivity index (χ1n) is 5.79. The van der Waals surface area contributed by atoms with Gasteiger partial charge in [0.1, 0.15) is 18.4 Å². The summed E-state index contributed by atoms with van der Waals surface area (Å²) in [5.74, 6) is 0.728. The predicted molar refractivity (Wildman–Crippen MR) is 70.3 cm³/mol. The van der Waals surface area contributed by atoms with Gasteiger partial charge in [-0.05, 0) is 24.1 Å². The van der Waals surface area contributed by atoms with Crippen molar-refractivity contribution in [3.63, 3.8) is 0 Å². The van der Waals surface area contributed by atoms with Crippen molar-refractivity contribution < 1.29 is 4.74 Å². The molecule has 6 heteroatoms. The van der Waals surface area contributed by atoms with Crippen molar-refractivity contribution in [3.8, 4) is 5.75 Å². The van der Waals surface area contributed by atoms with Crippen molar-refractivity contribution in [2.45, 2.75) is 19.9 Å². The Kier molecular flexibility index (Phi) is 4.41. The van der Waals surface area contributed by atoms with Crippen molar-refractivity contribution in [1.29, 1.82) is 0 Å². The van der Waals surface area contributed by atoms with Crippen molar-refractivity contribution in [2.24, 2.45) is 0 Å². The van der Waals surface area contributed by atoms with E-state index in [4.69, 9.17) is 16.3 Å². The molecule has 0 atom stereocenters. The molecule has 0 fully saturated rings. The van der Waals surface area contributed by atoms with Crippen LogP contribution in [0.2, 0.25) is 5.02 Å². The molecule has 96 valence electrons. The number of nitrogens with one attached hydrogen (secondary N) is 1. The van der Waals surface area contributed by atoms with Gasteiger partial charge in [-0.15, -0.1) is 10.2 Å². The number of hydrogen-bond acceptors (Lipinski definition) is 4. The standard InChI is InChI=1S/C12H15ClN4O/c1-2-5-18-12-4-3-10(6-11(12)13)7-16-17-8-14-15-9-17/h3-4,6,8-9,16H,2,5,7H2,1H3. The van der Waals surface area contributed by atoms with E-state index in [1.54, 1.807) is 17.3 Å². The quantitative estimate of drug-likeness (QED) is 0.873. The van der Waals surface area contributed by atoms with Crippen molar-refractivity contribution in [1.82, 2.24) is 14.9 Å². The highest BCUT2D eigenvalue weighted by atomic mass is 35.5. The largest absolute Gasteiger partial charge is 0.492 e. The lowest BCUT2D eigenvalue weighted by Crippen LogP contribution is -2.12. The highest BCUT2D eigenvalue weighted by molar-refractivity contribution is 6.32. The van der Waals surface area contributed by atoms with E-state index >= 15 is 0 Å². The van der Waals surface area contributed by atoms with E-state index in [1.807, 2.05) is 18.2 Å². The predicted octanol–water partition coefficient (Wildman–Crippen LogP) is 2.46. The van der Waals surface area contributed by atoms with Gasteiger partial charge in [-0.2, -0.15) is 0 Å². The highest BCUT2D eigenvalue weighted by Gasteiger charge is 2.02. The number of ether oxygens (including phenoxy) is 1. The second kappa shape index (κ2) is 6.26. The Labute approximate surface area is 111 Å². The maximum Gasteiger partial charge on any atom is 0.138 e. The second-order valence-corrected chi connectivity index (χ2v) is 4.22. The molecule has 0 aliphatic carbocycles. The Bertz CT molecular complexity index is 487. The van der Waals surface area contributed by atoms with Crippen LogP contribution in [0.5, 0.6) is 5.75 Å². The average molecular weight is 267 g/mol. The number of benzene rings is 1. The summed E-state index contributed by atoms with van der Waals surface area (Å²) in [5.41, 5.74) is 4.19. The highest BCUT2D eigenvalue weighted by Crippen LogP contribution is 2.25. The SMILES string of the molecule is CCCOc1ccc(CNn2cnnc2)cc1Cl. The topological polar surface area (TPSA) is 52.0 Å². The molecule has 0 bridgehead atoms. The average Bonchev–Trinajstić information content (AvgIpc) is 2.88. The van der Waals surface area contributed by atoms with Gasteiger partial charge in [-0.1, -0.05) is 24.6 Å². The molecule has 18 heavy (non-hydrogen) atoms. The van der Waals surface area contributed by atoms with Crippen molar-refractivity contribution in [2.75, 3.05) is 12.0 Å². The second-order valence-electron chi connectivity index (χ2n) is 3.82. The molecule has 0 spiro atoms. The molecule has 0 amide bonds. The molecule has 1 heterocycles. The molecule has 0 saturated carbocycles. The van der Waals surface area contributed by atoms with E-state index < -0.39 is 0 Å². The molecule has 0 radical (unpaired) electrons. The van der Waals surface area contributed by atoms with Gasteiger partial charge in [0.25, 0.3) is 0 Å². The molecule has 2 rings (SSSR count). The number of halogens is 1. The third-order valence-electron chi connectivity index (χ3n) is 2.34. The minimum absolute atomic E-state index is 0.631. The molecule has 2 aromatic rings. The van der Waals surface area contributed by atoms with Crippen LogP contribution in [-0.4, -0.2) is 21.5 Å². The monoisotopic (exact) mass is 266 g/mol. The molecule has 5 nitrogen and oxygen atoms in total. The first kappa shape index (κ1) is 12.7. The van der Waals surface area contributed by atoms with Crippen molar-refractivity contribution in [3.05, 3.63) is 41.4 Å². The van der Waals surface area contributed by atoms with Gasteiger partial charge < -0.3 is 10.2 Å². The van der Waals surface area contributed by atoms with Gasteiger partial charge in [-0.25, -0.2) is 4.68 Å². The summed E-state index contributed by atoms with van der Waals surface area (Å²) < 4.78 is 7.20. The maximum atomic E-state index is 6.14. The Morgan fingerprint density at radius 1 is 1.33 bits per heavy atom. The molecule has 1 aromatic heterocycles. The van der Waals surface area contributed by atoms with Crippen LogP contribution in [0.25, 0.3) is 0 Å². The van der Waals surface area contributed by atoms with E-state index in [-0.39, 0.29) is 0 Å². The summed E-state index contributed by atoms with van der Waals surface area (Å²) in [4.78, 5) is 0. The lowest BCUT2D eigenvalue weighted by atomic mass is 10.2. The summed E-state index contributed by atoms with van der Waals surface area (Å²) in [5, 5.41) is 8.04. The smallest absolute Gasteiger partial charge is 0.138 e. The maximum absolute atomic E-state index is 6.14. The Morgan fingerprint density at radius 3 is 2.78 bits per heavy atom. The van der Waals surface area contributed by atoms with Gasteiger partial charge in [-0.3, -0.25) is 0 Å². The third-order valence-corrected chi connectivity index (χ3v) is 2.64. The summed E-state index contributed by atoms with van der Waals surface area (Å²) in [7, 11) is 0. The number of hydrogen-bond donors (Lipinski definition) is 1. The van der Waals surface area contributed by atoms with Crippen LogP contribution in [0.1, 0.15) is 18.9 Å². The molecular weight excluding hydrogens is 252 g/mol. The molecule has 1 aromatic carbocycles. The molecular formula is C12H15ClN4O. The first-order chi connectivity index (χ1) is 8.79. The number of nitrogens with zero attached hydrogens (tertiary/aromatic N) is 3. The van der Waals surface area contributed by atoms with Crippen LogP contribution < -0.4 is 10.2 Å². The summed E-state index contributed by atoms with van der Waals surface area (Å²) in [6, 6.07) is 5.76. The van der Waals surface area contributed by atoms with Crippen LogP contribution in [0, 0.1) is 0 Å². The van der Waals surface area contributed by atoms with E-state index in [1.165, 1.54) is 0 Å². The zero-order chi connectivity index (χ0) is 12.8. The zero-order valence-corrected chi connectivity index (χ0v) is 10.9. The molecule has 0 unspecified atom stereocenters. The van der Waals surface area contributed by atoms with E-state index in [2.05, 4.69) is 22.5 Å². The van der Waals surface area contributed by atoms with Gasteiger partial charge >= 0.3 is 0 Å². The molecule has 1 N–H and O–H groups in total. The Hall–Kier alpha value is -1.75. The van der Waals surface area contributed by atoms with Gasteiger partial charge in [0.05, 0.1) is 18.2 Å². The summed E-state index contributed by atoms with van der Waals surface area (Å²) in [6.07, 6.45) is 4.16. The van der Waals surface area contributed by atoms with Crippen LogP contribution in [0.15, 0.2) is 30.9 Å². The normalized spacial score (nSPS) is 10.3. The number of rotatable bonds is 6. The summed E-state index contributed by atoms with van der Waals surface area (Å²) in [6.45, 7) is 3.38. The third kappa shape index (κ3) is 3.37. The van der Waals surface area contributed by atoms with Crippen LogP contribution >= 0.6 is 11.6 Å². The summed E-state index contributed by atoms with van der Waals surface area (Å²) >= 11 is 6.14. The van der Waals surface area contributed by atoms with Gasteiger partial charge in [0.15, 0.2) is 0 Å². The minimum Gasteiger partial charge on any atom is -0.492 e. The van der Waals surface area contributed by atoms with E-state index in [0.717, 1.165) is 17.7 Å². The van der Waals surface area contributed by atoms with E-state index in [0.29, 0.717) is 18.2 Å². The Balaban J connectivity index is 1.95.